The fraction of sp³-hybridized carbons (Fsp3) is 0.304. The number of anilines is 1. The molecule has 0 radical (unpaired) electrons. The maximum atomic E-state index is 13.7. The molecule has 0 saturated carbocycles. The van der Waals surface area contributed by atoms with Gasteiger partial charge in [-0.1, -0.05) is 36.2 Å². The molecule has 1 fully saturated rings. The first kappa shape index (κ1) is 21.5. The van der Waals surface area contributed by atoms with Crippen molar-refractivity contribution in [3.8, 4) is 11.4 Å². The smallest absolute Gasteiger partial charge is 0.254 e. The topological polar surface area (TPSA) is 71.0 Å². The minimum Gasteiger partial charge on any atom is -0.368 e. The quantitative estimate of drug-likeness (QED) is 0.572. The Morgan fingerprint density at radius 1 is 1.13 bits per heavy atom. The zero-order chi connectivity index (χ0) is 21.8. The molecule has 1 N–H and O–H groups in total. The summed E-state index contributed by atoms with van der Waals surface area (Å²) in [5.41, 5.74) is 1.08. The Kier molecular flexibility index (Phi) is 6.68. The highest BCUT2D eigenvalue weighted by molar-refractivity contribution is 6.34. The molecule has 0 aliphatic carbocycles. The molecule has 0 spiro atoms. The molecule has 1 amide bonds. The number of nitrogens with one attached hydrogen (secondary N) is 1. The summed E-state index contributed by atoms with van der Waals surface area (Å²) < 4.78 is 0. The Hall–Kier alpha value is -2.70. The van der Waals surface area contributed by atoms with Crippen molar-refractivity contribution in [2.24, 2.45) is 5.92 Å². The number of amides is 1. The summed E-state index contributed by atoms with van der Waals surface area (Å²) in [5.74, 6) is 1.46. The normalized spacial score (nSPS) is 18.6. The molecule has 160 valence electrons. The van der Waals surface area contributed by atoms with Crippen molar-refractivity contribution < 1.29 is 4.79 Å². The van der Waals surface area contributed by atoms with Gasteiger partial charge in [0.05, 0.1) is 27.2 Å². The lowest BCUT2D eigenvalue weighted by atomic mass is 9.89. The van der Waals surface area contributed by atoms with Crippen LogP contribution in [0.1, 0.15) is 30.1 Å². The highest BCUT2D eigenvalue weighted by Crippen LogP contribution is 2.32. The minimum absolute atomic E-state index is 0.0160. The van der Waals surface area contributed by atoms with Crippen molar-refractivity contribution in [1.29, 1.82) is 0 Å². The van der Waals surface area contributed by atoms with Crippen molar-refractivity contribution in [1.82, 2.24) is 19.9 Å². The molecule has 6 nitrogen and oxygen atoms in total. The van der Waals surface area contributed by atoms with Gasteiger partial charge in [-0.2, -0.15) is 0 Å². The summed E-state index contributed by atoms with van der Waals surface area (Å²) in [7, 11) is 0. The van der Waals surface area contributed by atoms with E-state index < -0.39 is 0 Å². The van der Waals surface area contributed by atoms with Crippen LogP contribution in [0.25, 0.3) is 11.4 Å². The van der Waals surface area contributed by atoms with Crippen LogP contribution in [0.2, 0.25) is 10.0 Å². The summed E-state index contributed by atoms with van der Waals surface area (Å²) >= 11 is 12.4. The largest absolute Gasteiger partial charge is 0.368 e. The summed E-state index contributed by atoms with van der Waals surface area (Å²) in [6, 6.07) is 10.7. The van der Waals surface area contributed by atoms with E-state index in [1.54, 1.807) is 48.9 Å². The molecule has 0 bridgehead atoms. The van der Waals surface area contributed by atoms with Crippen LogP contribution in [-0.4, -0.2) is 44.9 Å². The molecule has 3 heterocycles. The van der Waals surface area contributed by atoms with Gasteiger partial charge >= 0.3 is 0 Å². The van der Waals surface area contributed by atoms with E-state index in [-0.39, 0.29) is 11.9 Å². The van der Waals surface area contributed by atoms with Gasteiger partial charge in [0.15, 0.2) is 5.82 Å². The predicted molar refractivity (Wildman–Crippen MR) is 123 cm³/mol. The Bertz CT molecular complexity index is 1050. The first-order valence-corrected chi connectivity index (χ1v) is 11.0. The van der Waals surface area contributed by atoms with Crippen LogP contribution in [0.15, 0.2) is 55.0 Å². The zero-order valence-corrected chi connectivity index (χ0v) is 18.6. The first-order chi connectivity index (χ1) is 15.0. The average molecular weight is 456 g/mol. The van der Waals surface area contributed by atoms with E-state index in [4.69, 9.17) is 23.2 Å². The lowest BCUT2D eigenvalue weighted by molar-refractivity contribution is 0.0540. The molecule has 0 unspecified atom stereocenters. The van der Waals surface area contributed by atoms with Gasteiger partial charge in [0.1, 0.15) is 5.82 Å². The summed E-state index contributed by atoms with van der Waals surface area (Å²) in [6.45, 7) is 3.46. The molecule has 1 aliphatic heterocycles. The highest BCUT2D eigenvalue weighted by Gasteiger charge is 2.33. The maximum Gasteiger partial charge on any atom is 0.254 e. The van der Waals surface area contributed by atoms with Crippen LogP contribution in [0, 0.1) is 5.92 Å². The van der Waals surface area contributed by atoms with Crippen LogP contribution in [-0.2, 0) is 0 Å². The number of benzene rings is 1. The molecule has 1 saturated heterocycles. The SMILES string of the molecule is C[C@@H]1CCCN(C(=O)c2cccc(Cl)c2-c2ncccn2)[C@@H]1CNc1ccc(Cl)cn1. The molecule has 1 aliphatic rings. The molecular weight excluding hydrogens is 433 g/mol. The van der Waals surface area contributed by atoms with Crippen molar-refractivity contribution >= 4 is 34.9 Å². The van der Waals surface area contributed by atoms with Crippen LogP contribution >= 0.6 is 23.2 Å². The van der Waals surface area contributed by atoms with Crippen LogP contribution in [0.5, 0.6) is 0 Å². The Morgan fingerprint density at radius 3 is 2.68 bits per heavy atom. The van der Waals surface area contributed by atoms with E-state index in [1.165, 1.54) is 0 Å². The second kappa shape index (κ2) is 9.62. The molecule has 4 rings (SSSR count). The lowest BCUT2D eigenvalue weighted by Crippen LogP contribution is -2.51. The fourth-order valence-corrected chi connectivity index (χ4v) is 4.39. The van der Waals surface area contributed by atoms with Crippen LogP contribution in [0.3, 0.4) is 0 Å². The van der Waals surface area contributed by atoms with Gasteiger partial charge in [0.2, 0.25) is 0 Å². The molecule has 2 aromatic heterocycles. The molecule has 1 aromatic carbocycles. The third-order valence-electron chi connectivity index (χ3n) is 5.63. The molecular formula is C23H23Cl2N5O. The number of aromatic nitrogens is 3. The van der Waals surface area contributed by atoms with Gasteiger partial charge in [-0.15, -0.1) is 0 Å². The van der Waals surface area contributed by atoms with Gasteiger partial charge in [0.25, 0.3) is 5.91 Å². The number of halogens is 2. The number of piperidine rings is 1. The van der Waals surface area contributed by atoms with Gasteiger partial charge in [-0.3, -0.25) is 4.79 Å². The van der Waals surface area contributed by atoms with E-state index in [0.717, 1.165) is 18.7 Å². The maximum absolute atomic E-state index is 13.7. The zero-order valence-electron chi connectivity index (χ0n) is 17.1. The van der Waals surface area contributed by atoms with Gasteiger partial charge in [-0.05, 0) is 49.1 Å². The van der Waals surface area contributed by atoms with Crippen molar-refractivity contribution in [3.63, 3.8) is 0 Å². The van der Waals surface area contributed by atoms with Gasteiger partial charge in [-0.25, -0.2) is 15.0 Å². The predicted octanol–water partition coefficient (Wildman–Crippen LogP) is 5.20. The van der Waals surface area contributed by atoms with Gasteiger partial charge < -0.3 is 10.2 Å². The number of carbonyl (C=O) groups excluding carboxylic acids is 1. The summed E-state index contributed by atoms with van der Waals surface area (Å²) in [6.07, 6.45) is 6.92. The number of nitrogens with zero attached hydrogens (tertiary/aromatic N) is 4. The van der Waals surface area contributed by atoms with E-state index in [0.29, 0.717) is 46.0 Å². The first-order valence-electron chi connectivity index (χ1n) is 10.3. The minimum atomic E-state index is -0.0626. The third-order valence-corrected chi connectivity index (χ3v) is 6.17. The molecule has 8 heteroatoms. The number of rotatable bonds is 5. The van der Waals surface area contributed by atoms with Crippen molar-refractivity contribution in [3.05, 3.63) is 70.6 Å². The molecule has 2 atom stereocenters. The number of pyridine rings is 1. The van der Waals surface area contributed by atoms with Crippen molar-refractivity contribution in [2.75, 3.05) is 18.4 Å². The molecule has 3 aromatic rings. The number of likely N-dealkylation sites (tertiary alicyclic amines) is 1. The fourth-order valence-electron chi connectivity index (χ4n) is 4.01. The highest BCUT2D eigenvalue weighted by atomic mass is 35.5. The second-order valence-electron chi connectivity index (χ2n) is 7.66. The van der Waals surface area contributed by atoms with E-state index in [2.05, 4.69) is 27.2 Å². The lowest BCUT2D eigenvalue weighted by Gasteiger charge is -2.40. The Balaban J connectivity index is 1.62. The second-order valence-corrected chi connectivity index (χ2v) is 8.51. The molecule has 31 heavy (non-hydrogen) atoms. The third kappa shape index (κ3) is 4.81. The Labute approximate surface area is 191 Å². The van der Waals surface area contributed by atoms with Gasteiger partial charge in [0, 0.05) is 31.7 Å². The van der Waals surface area contributed by atoms with Crippen LogP contribution in [0.4, 0.5) is 5.82 Å². The summed E-state index contributed by atoms with van der Waals surface area (Å²) in [5, 5.41) is 4.40. The van der Waals surface area contributed by atoms with Crippen molar-refractivity contribution in [2.45, 2.75) is 25.8 Å². The van der Waals surface area contributed by atoms with E-state index in [9.17, 15) is 4.79 Å². The summed E-state index contributed by atoms with van der Waals surface area (Å²) in [4.78, 5) is 28.6. The number of hydrogen-bond donors (Lipinski definition) is 1. The monoisotopic (exact) mass is 455 g/mol. The Morgan fingerprint density at radius 2 is 1.94 bits per heavy atom. The van der Waals surface area contributed by atoms with Crippen LogP contribution < -0.4 is 5.32 Å². The van der Waals surface area contributed by atoms with E-state index in [1.807, 2.05) is 11.0 Å². The average Bonchev–Trinajstić information content (AvgIpc) is 2.79. The number of hydrogen-bond acceptors (Lipinski definition) is 5. The van der Waals surface area contributed by atoms with E-state index >= 15 is 0 Å². The number of carbonyl (C=O) groups is 1. The standard InChI is InChI=1S/C23H23Cl2N5O/c1-15-5-3-12-30(19(15)14-29-20-9-8-16(24)13-28-20)23(31)17-6-2-7-18(25)21(17)22-26-10-4-11-27-22/h2,4,6-11,13,15,19H,3,5,12,14H2,1H3,(H,28,29)/t15-,19-/m1/s1.